The van der Waals surface area contributed by atoms with Crippen molar-refractivity contribution in [1.82, 2.24) is 15.0 Å². The number of imidazole rings is 1. The van der Waals surface area contributed by atoms with Crippen molar-refractivity contribution in [1.29, 1.82) is 0 Å². The van der Waals surface area contributed by atoms with Gasteiger partial charge in [0.05, 0.1) is 15.5 Å². The number of rotatable bonds is 3. The zero-order chi connectivity index (χ0) is 15.6. The zero-order valence-corrected chi connectivity index (χ0v) is 14.3. The smallest absolute Gasteiger partial charge is 0.228 e. The number of H-pyrrole nitrogens is 1. The number of nitrogens with zero attached hydrogens (tertiary/aromatic N) is 2. The number of para-hydroxylation sites is 2. The first kappa shape index (κ1) is 14.7. The predicted molar refractivity (Wildman–Crippen MR) is 93.7 cm³/mol. The van der Waals surface area contributed by atoms with Crippen molar-refractivity contribution in [3.8, 4) is 5.88 Å². The minimum absolute atomic E-state index is 0.238. The van der Waals surface area contributed by atoms with E-state index in [4.69, 9.17) is 9.72 Å². The molecule has 2 heterocycles. The lowest BCUT2D eigenvalue weighted by molar-refractivity contribution is 0.138. The van der Waals surface area contributed by atoms with Gasteiger partial charge in [0.15, 0.2) is 0 Å². The van der Waals surface area contributed by atoms with E-state index < -0.39 is 0 Å². The Labute approximate surface area is 143 Å². The van der Waals surface area contributed by atoms with Gasteiger partial charge >= 0.3 is 0 Å². The van der Waals surface area contributed by atoms with E-state index in [0.717, 1.165) is 47.0 Å². The highest BCUT2D eigenvalue weighted by Gasteiger charge is 2.26. The molecule has 0 atom stereocenters. The van der Waals surface area contributed by atoms with Gasteiger partial charge in [-0.3, -0.25) is 0 Å². The molecule has 1 saturated carbocycles. The number of ether oxygens (including phenoxy) is 1. The lowest BCUT2D eigenvalue weighted by atomic mass is 9.87. The molecule has 1 fully saturated rings. The van der Waals surface area contributed by atoms with Gasteiger partial charge in [-0.2, -0.15) is 0 Å². The Bertz CT molecular complexity index is 776. The summed E-state index contributed by atoms with van der Waals surface area (Å²) in [6.45, 7) is 0. The number of nitrogens with one attached hydrogen (secondary N) is 1. The van der Waals surface area contributed by atoms with Crippen LogP contribution in [0.2, 0.25) is 0 Å². The van der Waals surface area contributed by atoms with Crippen LogP contribution in [0.3, 0.4) is 0 Å². The Hall–Kier alpha value is -1.88. The molecule has 1 N–H and O–H groups in total. The first-order valence-electron chi connectivity index (χ1n) is 8.01. The molecule has 0 bridgehead atoms. The van der Waals surface area contributed by atoms with Crippen LogP contribution >= 0.6 is 15.9 Å². The molecule has 0 radical (unpaired) electrons. The van der Waals surface area contributed by atoms with Crippen molar-refractivity contribution >= 4 is 27.0 Å². The van der Waals surface area contributed by atoms with Crippen LogP contribution in [0, 0.1) is 0 Å². The Morgan fingerprint density at radius 2 is 1.87 bits per heavy atom. The summed E-state index contributed by atoms with van der Waals surface area (Å²) in [5.74, 6) is 2.30. The van der Waals surface area contributed by atoms with E-state index in [0.29, 0.717) is 11.8 Å². The van der Waals surface area contributed by atoms with Gasteiger partial charge in [0.2, 0.25) is 5.88 Å². The van der Waals surface area contributed by atoms with Crippen LogP contribution in [0.1, 0.15) is 37.4 Å². The molecule has 0 saturated heterocycles. The molecule has 0 spiro atoms. The van der Waals surface area contributed by atoms with Crippen molar-refractivity contribution in [3.05, 3.63) is 52.9 Å². The fourth-order valence-electron chi connectivity index (χ4n) is 3.24. The number of aromatic amines is 1. The number of fused-ring (bicyclic) bond motifs is 1. The third-order valence-electron chi connectivity index (χ3n) is 4.47. The third-order valence-corrected chi connectivity index (χ3v) is 5.08. The van der Waals surface area contributed by atoms with Crippen molar-refractivity contribution in [2.45, 2.75) is 37.7 Å². The maximum absolute atomic E-state index is 6.04. The van der Waals surface area contributed by atoms with Crippen LogP contribution in [0.25, 0.3) is 11.0 Å². The number of hydrogen-bond donors (Lipinski definition) is 1. The maximum atomic E-state index is 6.04. The van der Waals surface area contributed by atoms with E-state index in [2.05, 4.69) is 38.0 Å². The van der Waals surface area contributed by atoms with Gasteiger partial charge in [-0.15, -0.1) is 0 Å². The summed E-state index contributed by atoms with van der Waals surface area (Å²) in [4.78, 5) is 12.5. The van der Waals surface area contributed by atoms with Crippen molar-refractivity contribution < 1.29 is 4.74 Å². The Kier molecular flexibility index (Phi) is 4.04. The Morgan fingerprint density at radius 1 is 1.04 bits per heavy atom. The van der Waals surface area contributed by atoms with Crippen LogP contribution in [-0.4, -0.2) is 21.1 Å². The van der Waals surface area contributed by atoms with Gasteiger partial charge in [-0.05, 0) is 65.9 Å². The van der Waals surface area contributed by atoms with E-state index >= 15 is 0 Å². The van der Waals surface area contributed by atoms with Gasteiger partial charge in [0, 0.05) is 12.1 Å². The quantitative estimate of drug-likeness (QED) is 0.717. The molecule has 3 aromatic rings. The summed E-state index contributed by atoms with van der Waals surface area (Å²) >= 11 is 3.49. The Balaban J connectivity index is 1.41. The minimum atomic E-state index is 0.238. The van der Waals surface area contributed by atoms with Crippen LogP contribution < -0.4 is 4.74 Å². The van der Waals surface area contributed by atoms with Crippen LogP contribution in [0.15, 0.2) is 47.1 Å². The van der Waals surface area contributed by atoms with Gasteiger partial charge in [-0.25, -0.2) is 9.97 Å². The SMILES string of the molecule is Brc1cccnc1OC1CCC(c2nc3ccccc3[nH]2)CC1. The van der Waals surface area contributed by atoms with E-state index in [1.807, 2.05) is 24.3 Å². The van der Waals surface area contributed by atoms with E-state index in [9.17, 15) is 0 Å². The molecule has 1 aliphatic rings. The summed E-state index contributed by atoms with van der Waals surface area (Å²) in [7, 11) is 0. The maximum Gasteiger partial charge on any atom is 0.228 e. The first-order chi connectivity index (χ1) is 11.3. The van der Waals surface area contributed by atoms with Crippen molar-refractivity contribution in [2.24, 2.45) is 0 Å². The number of benzene rings is 1. The van der Waals surface area contributed by atoms with Crippen molar-refractivity contribution in [3.63, 3.8) is 0 Å². The molecule has 118 valence electrons. The minimum Gasteiger partial charge on any atom is -0.474 e. The molecule has 1 aromatic carbocycles. The second kappa shape index (κ2) is 6.32. The van der Waals surface area contributed by atoms with E-state index in [1.165, 1.54) is 0 Å². The molecular weight excluding hydrogens is 354 g/mol. The highest BCUT2D eigenvalue weighted by atomic mass is 79.9. The predicted octanol–water partition coefficient (Wildman–Crippen LogP) is 4.83. The van der Waals surface area contributed by atoms with Gasteiger partial charge in [-0.1, -0.05) is 12.1 Å². The van der Waals surface area contributed by atoms with E-state index in [1.54, 1.807) is 6.20 Å². The number of hydrogen-bond acceptors (Lipinski definition) is 3. The number of pyridine rings is 1. The summed E-state index contributed by atoms with van der Waals surface area (Å²) < 4.78 is 6.96. The highest BCUT2D eigenvalue weighted by Crippen LogP contribution is 2.34. The summed E-state index contributed by atoms with van der Waals surface area (Å²) in [5.41, 5.74) is 2.18. The summed E-state index contributed by atoms with van der Waals surface area (Å²) in [6.07, 6.45) is 6.25. The first-order valence-corrected chi connectivity index (χ1v) is 8.81. The fraction of sp³-hybridized carbons (Fsp3) is 0.333. The third kappa shape index (κ3) is 3.11. The largest absolute Gasteiger partial charge is 0.474 e. The summed E-state index contributed by atoms with van der Waals surface area (Å²) in [5, 5.41) is 0. The van der Waals surface area contributed by atoms with Crippen LogP contribution in [-0.2, 0) is 0 Å². The average molecular weight is 372 g/mol. The molecule has 1 aliphatic carbocycles. The molecular formula is C18H18BrN3O. The second-order valence-corrected chi connectivity index (χ2v) is 6.88. The molecule has 5 heteroatoms. The molecule has 23 heavy (non-hydrogen) atoms. The van der Waals surface area contributed by atoms with Gasteiger partial charge < -0.3 is 9.72 Å². The number of halogens is 1. The summed E-state index contributed by atoms with van der Waals surface area (Å²) in [6, 6.07) is 12.1. The molecule has 0 aliphatic heterocycles. The second-order valence-electron chi connectivity index (χ2n) is 6.02. The topological polar surface area (TPSA) is 50.8 Å². The molecule has 4 nitrogen and oxygen atoms in total. The average Bonchev–Trinajstić information content (AvgIpc) is 3.02. The fourth-order valence-corrected chi connectivity index (χ4v) is 3.58. The van der Waals surface area contributed by atoms with E-state index in [-0.39, 0.29) is 6.10 Å². The molecule has 4 rings (SSSR count). The molecule has 2 aromatic heterocycles. The normalized spacial score (nSPS) is 21.4. The Morgan fingerprint density at radius 3 is 2.65 bits per heavy atom. The highest BCUT2D eigenvalue weighted by molar-refractivity contribution is 9.10. The standard InChI is InChI=1S/C18H18BrN3O/c19-14-4-3-11-20-18(14)23-13-9-7-12(8-10-13)17-21-15-5-1-2-6-16(15)22-17/h1-6,11-13H,7-10H2,(H,21,22). The van der Waals surface area contributed by atoms with Crippen LogP contribution in [0.5, 0.6) is 5.88 Å². The monoisotopic (exact) mass is 371 g/mol. The lowest BCUT2D eigenvalue weighted by Crippen LogP contribution is -2.24. The van der Waals surface area contributed by atoms with Gasteiger partial charge in [0.25, 0.3) is 0 Å². The van der Waals surface area contributed by atoms with Gasteiger partial charge in [0.1, 0.15) is 11.9 Å². The molecule has 0 amide bonds. The van der Waals surface area contributed by atoms with Crippen LogP contribution in [0.4, 0.5) is 0 Å². The number of aromatic nitrogens is 3. The molecule has 0 unspecified atom stereocenters. The van der Waals surface area contributed by atoms with Crippen molar-refractivity contribution in [2.75, 3.05) is 0 Å². The lowest BCUT2D eigenvalue weighted by Gasteiger charge is -2.27. The zero-order valence-electron chi connectivity index (χ0n) is 12.7.